The second-order valence-corrected chi connectivity index (χ2v) is 7.58. The molecule has 5 heteroatoms. The van der Waals surface area contributed by atoms with Gasteiger partial charge in [0.2, 0.25) is 5.91 Å². The Morgan fingerprint density at radius 3 is 2.57 bits per heavy atom. The Hall–Kier alpha value is -2.24. The molecule has 2 aromatic rings. The van der Waals surface area contributed by atoms with E-state index in [2.05, 4.69) is 36.1 Å². The van der Waals surface area contributed by atoms with Crippen molar-refractivity contribution in [2.45, 2.75) is 39.3 Å². The van der Waals surface area contributed by atoms with Gasteiger partial charge < -0.3 is 4.90 Å². The predicted octanol–water partition coefficient (Wildman–Crippen LogP) is 4.06. The molecule has 1 aliphatic heterocycles. The number of halogens is 1. The second kappa shape index (κ2) is 9.80. The van der Waals surface area contributed by atoms with Gasteiger partial charge in [-0.15, -0.1) is 0 Å². The second-order valence-electron chi connectivity index (χ2n) is 7.58. The molecule has 0 aliphatic carbocycles. The molecule has 150 valence electrons. The van der Waals surface area contributed by atoms with Crippen LogP contribution in [0.4, 0.5) is 4.39 Å². The van der Waals surface area contributed by atoms with Crippen molar-refractivity contribution in [1.82, 2.24) is 9.96 Å². The topological polar surface area (TPSA) is 32.8 Å². The van der Waals surface area contributed by atoms with E-state index >= 15 is 0 Å². The maximum Gasteiger partial charge on any atom is 0.243 e. The van der Waals surface area contributed by atoms with E-state index in [0.717, 1.165) is 32.5 Å². The summed E-state index contributed by atoms with van der Waals surface area (Å²) >= 11 is 0. The summed E-state index contributed by atoms with van der Waals surface area (Å²) in [6.45, 7) is 6.58. The number of carbonyl (C=O) groups is 1. The van der Waals surface area contributed by atoms with Crippen LogP contribution in [-0.2, 0) is 22.7 Å². The molecule has 0 aromatic heterocycles. The molecule has 3 rings (SSSR count). The molecule has 28 heavy (non-hydrogen) atoms. The van der Waals surface area contributed by atoms with Crippen LogP contribution in [-0.4, -0.2) is 41.5 Å². The SMILES string of the molecule is CC(=O)N(OCc1ccccc1F)[C@H]1CCN(CCc2ccccc2)C[C@@H]1C. The Labute approximate surface area is 166 Å². The van der Waals surface area contributed by atoms with Gasteiger partial charge in [0.15, 0.2) is 0 Å². The number of hydroxylamine groups is 2. The smallest absolute Gasteiger partial charge is 0.243 e. The van der Waals surface area contributed by atoms with E-state index in [9.17, 15) is 9.18 Å². The van der Waals surface area contributed by atoms with E-state index in [1.165, 1.54) is 23.6 Å². The Morgan fingerprint density at radius 2 is 1.89 bits per heavy atom. The summed E-state index contributed by atoms with van der Waals surface area (Å²) in [6.07, 6.45) is 1.88. The van der Waals surface area contributed by atoms with E-state index in [4.69, 9.17) is 4.84 Å². The van der Waals surface area contributed by atoms with Crippen molar-refractivity contribution in [3.8, 4) is 0 Å². The number of amides is 1. The molecular formula is C23H29FN2O2. The molecule has 2 aromatic carbocycles. The largest absolute Gasteiger partial charge is 0.303 e. The minimum absolute atomic E-state index is 0.0113. The molecular weight excluding hydrogens is 355 g/mol. The van der Waals surface area contributed by atoms with Crippen LogP contribution in [0.25, 0.3) is 0 Å². The summed E-state index contributed by atoms with van der Waals surface area (Å²) < 4.78 is 13.8. The zero-order valence-corrected chi connectivity index (χ0v) is 16.7. The van der Waals surface area contributed by atoms with Crippen LogP contribution >= 0.6 is 0 Å². The number of piperidine rings is 1. The van der Waals surface area contributed by atoms with Crippen molar-refractivity contribution in [2.75, 3.05) is 19.6 Å². The lowest BCUT2D eigenvalue weighted by Gasteiger charge is -2.41. The average Bonchev–Trinajstić information content (AvgIpc) is 2.69. The Balaban J connectivity index is 1.54. The average molecular weight is 384 g/mol. The highest BCUT2D eigenvalue weighted by Gasteiger charge is 2.33. The van der Waals surface area contributed by atoms with Gasteiger partial charge in [-0.3, -0.25) is 9.63 Å². The van der Waals surface area contributed by atoms with Crippen molar-refractivity contribution in [2.24, 2.45) is 5.92 Å². The Kier molecular flexibility index (Phi) is 7.18. The molecule has 1 fully saturated rings. The molecule has 1 aliphatic rings. The summed E-state index contributed by atoms with van der Waals surface area (Å²) in [6, 6.07) is 17.0. The van der Waals surface area contributed by atoms with Crippen LogP contribution in [0.15, 0.2) is 54.6 Å². The first-order valence-corrected chi connectivity index (χ1v) is 9.97. The lowest BCUT2D eigenvalue weighted by Crippen LogP contribution is -2.51. The van der Waals surface area contributed by atoms with Gasteiger partial charge in [-0.05, 0) is 30.4 Å². The normalized spacial score (nSPS) is 20.1. The van der Waals surface area contributed by atoms with Crippen LogP contribution in [0.3, 0.4) is 0 Å². The van der Waals surface area contributed by atoms with Gasteiger partial charge in [0.05, 0.1) is 6.04 Å². The van der Waals surface area contributed by atoms with Crippen LogP contribution in [0.5, 0.6) is 0 Å². The quantitative estimate of drug-likeness (QED) is 0.675. The number of hydrogen-bond acceptors (Lipinski definition) is 3. The number of hydrogen-bond donors (Lipinski definition) is 0. The number of likely N-dealkylation sites (tertiary alicyclic amines) is 1. The zero-order chi connectivity index (χ0) is 19.9. The summed E-state index contributed by atoms with van der Waals surface area (Å²) in [5, 5.41) is 1.46. The minimum atomic E-state index is -0.310. The van der Waals surface area contributed by atoms with E-state index in [1.54, 1.807) is 18.2 Å². The standard InChI is InChI=1S/C23H29FN2O2/c1-18-16-25(14-12-20-8-4-3-5-9-20)15-13-23(18)26(19(2)27)28-17-21-10-6-7-11-22(21)24/h3-11,18,23H,12-17H2,1-2H3/t18-,23-/m0/s1. The first kappa shape index (κ1) is 20.5. The van der Waals surface area contributed by atoms with Gasteiger partial charge >= 0.3 is 0 Å². The Morgan fingerprint density at radius 1 is 1.18 bits per heavy atom. The fourth-order valence-corrected chi connectivity index (χ4v) is 3.88. The number of benzene rings is 2. The lowest BCUT2D eigenvalue weighted by molar-refractivity contribution is -0.214. The van der Waals surface area contributed by atoms with Gasteiger partial charge in [0.25, 0.3) is 0 Å². The number of carbonyl (C=O) groups excluding carboxylic acids is 1. The summed E-state index contributed by atoms with van der Waals surface area (Å²) in [7, 11) is 0. The first-order chi connectivity index (χ1) is 13.5. The van der Waals surface area contributed by atoms with Gasteiger partial charge in [-0.1, -0.05) is 55.5 Å². The van der Waals surface area contributed by atoms with E-state index in [-0.39, 0.29) is 30.3 Å². The summed E-state index contributed by atoms with van der Waals surface area (Å²) in [5.41, 5.74) is 1.80. The Bertz CT molecular complexity index is 768. The third kappa shape index (κ3) is 5.40. The highest BCUT2D eigenvalue weighted by Crippen LogP contribution is 2.24. The van der Waals surface area contributed by atoms with E-state index in [1.807, 2.05) is 6.07 Å². The van der Waals surface area contributed by atoms with Crippen LogP contribution in [0.1, 0.15) is 31.4 Å². The molecule has 1 heterocycles. The van der Waals surface area contributed by atoms with Gasteiger partial charge in [0, 0.05) is 32.1 Å². The number of rotatable bonds is 7. The third-order valence-electron chi connectivity index (χ3n) is 5.43. The fraction of sp³-hybridized carbons (Fsp3) is 0.435. The molecule has 0 spiro atoms. The van der Waals surface area contributed by atoms with Crippen molar-refractivity contribution < 1.29 is 14.0 Å². The molecule has 1 saturated heterocycles. The molecule has 0 saturated carbocycles. The monoisotopic (exact) mass is 384 g/mol. The molecule has 2 atom stereocenters. The minimum Gasteiger partial charge on any atom is -0.303 e. The first-order valence-electron chi connectivity index (χ1n) is 9.97. The summed E-state index contributed by atoms with van der Waals surface area (Å²) in [5.74, 6) is -0.158. The lowest BCUT2D eigenvalue weighted by atomic mass is 9.93. The van der Waals surface area contributed by atoms with Crippen molar-refractivity contribution in [3.05, 3.63) is 71.5 Å². The van der Waals surface area contributed by atoms with Gasteiger partial charge in [0.1, 0.15) is 12.4 Å². The predicted molar refractivity (Wildman–Crippen MR) is 108 cm³/mol. The molecule has 4 nitrogen and oxygen atoms in total. The third-order valence-corrected chi connectivity index (χ3v) is 5.43. The fourth-order valence-electron chi connectivity index (χ4n) is 3.88. The van der Waals surface area contributed by atoms with Crippen LogP contribution in [0, 0.1) is 11.7 Å². The van der Waals surface area contributed by atoms with Gasteiger partial charge in [-0.25, -0.2) is 9.45 Å². The zero-order valence-electron chi connectivity index (χ0n) is 16.7. The van der Waals surface area contributed by atoms with Gasteiger partial charge in [-0.2, -0.15) is 0 Å². The molecule has 0 radical (unpaired) electrons. The van der Waals surface area contributed by atoms with Crippen LogP contribution in [0.2, 0.25) is 0 Å². The molecule has 0 unspecified atom stereocenters. The summed E-state index contributed by atoms with van der Waals surface area (Å²) in [4.78, 5) is 20.4. The van der Waals surface area contributed by atoms with Crippen LogP contribution < -0.4 is 0 Å². The highest BCUT2D eigenvalue weighted by molar-refractivity contribution is 5.72. The van der Waals surface area contributed by atoms with E-state index < -0.39 is 0 Å². The maximum absolute atomic E-state index is 13.8. The maximum atomic E-state index is 13.8. The molecule has 1 amide bonds. The van der Waals surface area contributed by atoms with Crippen molar-refractivity contribution >= 4 is 5.91 Å². The van der Waals surface area contributed by atoms with E-state index in [0.29, 0.717) is 5.56 Å². The molecule has 0 N–H and O–H groups in total. The number of nitrogens with zero attached hydrogens (tertiary/aromatic N) is 2. The van der Waals surface area contributed by atoms with Crippen molar-refractivity contribution in [1.29, 1.82) is 0 Å². The highest BCUT2D eigenvalue weighted by atomic mass is 19.1. The molecule has 0 bridgehead atoms. The van der Waals surface area contributed by atoms with Crippen molar-refractivity contribution in [3.63, 3.8) is 0 Å².